The number of ether oxygens (including phenoxy) is 1. The summed E-state index contributed by atoms with van der Waals surface area (Å²) >= 11 is 0. The van der Waals surface area contributed by atoms with Gasteiger partial charge in [-0.15, -0.1) is 0 Å². The Kier molecular flexibility index (Phi) is 4.58. The summed E-state index contributed by atoms with van der Waals surface area (Å²) in [5, 5.41) is 2.25. The molecule has 0 spiro atoms. The van der Waals surface area contributed by atoms with Crippen molar-refractivity contribution in [1.29, 1.82) is 0 Å². The van der Waals surface area contributed by atoms with E-state index in [0.29, 0.717) is 5.56 Å². The number of halogens is 4. The summed E-state index contributed by atoms with van der Waals surface area (Å²) in [4.78, 5) is 12.1. The molecule has 23 heavy (non-hydrogen) atoms. The van der Waals surface area contributed by atoms with Gasteiger partial charge in [-0.2, -0.15) is 8.78 Å². The fraction of sp³-hybridized carbons (Fsp3) is 0.188. The number of nitrogens with one attached hydrogen (secondary N) is 1. The van der Waals surface area contributed by atoms with Crippen LogP contribution < -0.4 is 10.1 Å². The van der Waals surface area contributed by atoms with Gasteiger partial charge < -0.3 is 10.1 Å². The summed E-state index contributed by atoms with van der Waals surface area (Å²) in [6, 6.07) is 4.91. The standard InChI is InChI=1S/C16H13F4NO2/c1-7-5-4-6-9(8(7)2)21-16(22)10-11(17)13(19)15(23-3)14(20)12(10)18/h4-6H,1-3H3,(H,21,22). The average molecular weight is 327 g/mol. The molecule has 0 aliphatic rings. The molecule has 0 heterocycles. The number of carbonyl (C=O) groups excluding carboxylic acids is 1. The van der Waals surface area contributed by atoms with Crippen molar-refractivity contribution in [3.8, 4) is 5.75 Å². The zero-order valence-electron chi connectivity index (χ0n) is 12.6. The SMILES string of the molecule is COc1c(F)c(F)c(C(=O)Nc2cccc(C)c2C)c(F)c1F. The third kappa shape index (κ3) is 2.86. The summed E-state index contributed by atoms with van der Waals surface area (Å²) in [5.74, 6) is -9.68. The molecule has 0 aromatic heterocycles. The number of carbonyl (C=O) groups is 1. The van der Waals surface area contributed by atoms with Crippen molar-refractivity contribution < 1.29 is 27.1 Å². The van der Waals surface area contributed by atoms with Gasteiger partial charge in [-0.05, 0) is 31.0 Å². The number of hydrogen-bond donors (Lipinski definition) is 1. The summed E-state index contributed by atoms with van der Waals surface area (Å²) in [6.45, 7) is 3.46. The van der Waals surface area contributed by atoms with Crippen LogP contribution in [0.1, 0.15) is 21.5 Å². The van der Waals surface area contributed by atoms with Gasteiger partial charge in [0.2, 0.25) is 11.6 Å². The molecule has 1 amide bonds. The van der Waals surface area contributed by atoms with Crippen LogP contribution in [-0.2, 0) is 0 Å². The van der Waals surface area contributed by atoms with E-state index in [1.165, 1.54) is 6.07 Å². The van der Waals surface area contributed by atoms with E-state index in [4.69, 9.17) is 0 Å². The van der Waals surface area contributed by atoms with Crippen LogP contribution in [0.15, 0.2) is 18.2 Å². The highest BCUT2D eigenvalue weighted by Crippen LogP contribution is 2.30. The molecule has 0 radical (unpaired) electrons. The third-order valence-corrected chi connectivity index (χ3v) is 3.51. The van der Waals surface area contributed by atoms with E-state index in [1.54, 1.807) is 26.0 Å². The summed E-state index contributed by atoms with van der Waals surface area (Å²) in [7, 11) is 0.857. The lowest BCUT2D eigenvalue weighted by molar-refractivity contribution is 0.101. The van der Waals surface area contributed by atoms with Gasteiger partial charge in [-0.25, -0.2) is 8.78 Å². The Morgan fingerprint density at radius 2 is 1.57 bits per heavy atom. The Bertz CT molecular complexity index is 761. The van der Waals surface area contributed by atoms with Gasteiger partial charge in [-0.3, -0.25) is 4.79 Å². The molecule has 0 atom stereocenters. The number of methoxy groups -OCH3 is 1. The topological polar surface area (TPSA) is 38.3 Å². The van der Waals surface area contributed by atoms with Gasteiger partial charge in [0.25, 0.3) is 5.91 Å². The first-order chi connectivity index (χ1) is 10.8. The average Bonchev–Trinajstić information content (AvgIpc) is 2.51. The summed E-state index contributed by atoms with van der Waals surface area (Å²) < 4.78 is 59.4. The van der Waals surface area contributed by atoms with E-state index in [-0.39, 0.29) is 5.69 Å². The molecular formula is C16H13F4NO2. The maximum atomic E-state index is 13.9. The van der Waals surface area contributed by atoms with Crippen LogP contribution in [0.4, 0.5) is 23.2 Å². The molecule has 2 rings (SSSR count). The highest BCUT2D eigenvalue weighted by atomic mass is 19.2. The second-order valence-electron chi connectivity index (χ2n) is 4.87. The quantitative estimate of drug-likeness (QED) is 0.680. The van der Waals surface area contributed by atoms with E-state index in [1.807, 2.05) is 0 Å². The van der Waals surface area contributed by atoms with Crippen molar-refractivity contribution in [2.75, 3.05) is 12.4 Å². The molecule has 0 aliphatic heterocycles. The number of hydrogen-bond acceptors (Lipinski definition) is 2. The van der Waals surface area contributed by atoms with Crippen molar-refractivity contribution in [3.63, 3.8) is 0 Å². The minimum Gasteiger partial charge on any atom is -0.491 e. The van der Waals surface area contributed by atoms with E-state index in [9.17, 15) is 22.4 Å². The molecule has 2 aromatic carbocycles. The minimum absolute atomic E-state index is 0.283. The first kappa shape index (κ1) is 16.8. The highest BCUT2D eigenvalue weighted by Gasteiger charge is 2.30. The lowest BCUT2D eigenvalue weighted by atomic mass is 10.1. The Hall–Kier alpha value is -2.57. The van der Waals surface area contributed by atoms with Gasteiger partial charge >= 0.3 is 0 Å². The summed E-state index contributed by atoms with van der Waals surface area (Å²) in [5.41, 5.74) is 0.430. The molecule has 1 N–H and O–H groups in total. The number of anilines is 1. The molecule has 122 valence electrons. The minimum atomic E-state index is -1.82. The van der Waals surface area contributed by atoms with Crippen LogP contribution in [0.5, 0.6) is 5.75 Å². The van der Waals surface area contributed by atoms with Gasteiger partial charge in [-0.1, -0.05) is 12.1 Å². The normalized spacial score (nSPS) is 10.6. The fourth-order valence-electron chi connectivity index (χ4n) is 2.06. The van der Waals surface area contributed by atoms with Crippen LogP contribution >= 0.6 is 0 Å². The molecule has 0 saturated heterocycles. The van der Waals surface area contributed by atoms with E-state index in [0.717, 1.165) is 12.7 Å². The van der Waals surface area contributed by atoms with Crippen molar-refractivity contribution >= 4 is 11.6 Å². The highest BCUT2D eigenvalue weighted by molar-refractivity contribution is 6.05. The maximum absolute atomic E-state index is 13.9. The van der Waals surface area contributed by atoms with Gasteiger partial charge in [0.05, 0.1) is 7.11 Å². The molecule has 0 saturated carbocycles. The zero-order chi connectivity index (χ0) is 17.3. The molecule has 0 unspecified atom stereocenters. The molecule has 0 fully saturated rings. The van der Waals surface area contributed by atoms with E-state index < -0.39 is 40.5 Å². The molecule has 0 aliphatic carbocycles. The zero-order valence-corrected chi connectivity index (χ0v) is 12.6. The Balaban J connectivity index is 2.50. The van der Waals surface area contributed by atoms with Crippen LogP contribution in [0.3, 0.4) is 0 Å². The third-order valence-electron chi connectivity index (χ3n) is 3.51. The van der Waals surface area contributed by atoms with Crippen molar-refractivity contribution in [2.24, 2.45) is 0 Å². The largest absolute Gasteiger partial charge is 0.491 e. The second-order valence-corrected chi connectivity index (χ2v) is 4.87. The van der Waals surface area contributed by atoms with Gasteiger partial charge in [0.15, 0.2) is 17.4 Å². The van der Waals surface area contributed by atoms with E-state index >= 15 is 0 Å². The predicted molar refractivity (Wildman–Crippen MR) is 76.7 cm³/mol. The number of amides is 1. The van der Waals surface area contributed by atoms with Gasteiger partial charge in [0.1, 0.15) is 5.56 Å². The lowest BCUT2D eigenvalue weighted by Crippen LogP contribution is -2.19. The number of benzene rings is 2. The van der Waals surface area contributed by atoms with Crippen LogP contribution in [0, 0.1) is 37.1 Å². The van der Waals surface area contributed by atoms with Crippen molar-refractivity contribution in [2.45, 2.75) is 13.8 Å². The first-order valence-corrected chi connectivity index (χ1v) is 6.57. The molecule has 7 heteroatoms. The fourth-order valence-corrected chi connectivity index (χ4v) is 2.06. The first-order valence-electron chi connectivity index (χ1n) is 6.57. The molecule has 0 bridgehead atoms. The van der Waals surface area contributed by atoms with Crippen LogP contribution in [0.25, 0.3) is 0 Å². The van der Waals surface area contributed by atoms with Crippen molar-refractivity contribution in [1.82, 2.24) is 0 Å². The van der Waals surface area contributed by atoms with Crippen LogP contribution in [0.2, 0.25) is 0 Å². The number of aryl methyl sites for hydroxylation is 1. The van der Waals surface area contributed by atoms with Gasteiger partial charge in [0, 0.05) is 5.69 Å². The maximum Gasteiger partial charge on any atom is 0.261 e. The van der Waals surface area contributed by atoms with Crippen molar-refractivity contribution in [3.05, 3.63) is 58.2 Å². The Morgan fingerprint density at radius 3 is 2.09 bits per heavy atom. The van der Waals surface area contributed by atoms with Crippen LogP contribution in [-0.4, -0.2) is 13.0 Å². The molecular weight excluding hydrogens is 314 g/mol. The monoisotopic (exact) mass is 327 g/mol. The lowest BCUT2D eigenvalue weighted by Gasteiger charge is -2.13. The number of rotatable bonds is 3. The summed E-state index contributed by atoms with van der Waals surface area (Å²) in [6.07, 6.45) is 0. The smallest absolute Gasteiger partial charge is 0.261 e. The second kappa shape index (κ2) is 6.28. The Labute approximate surface area is 129 Å². The molecule has 3 nitrogen and oxygen atoms in total. The Morgan fingerprint density at radius 1 is 1.00 bits per heavy atom. The predicted octanol–water partition coefficient (Wildman–Crippen LogP) is 4.12. The molecule has 2 aromatic rings. The van der Waals surface area contributed by atoms with E-state index in [2.05, 4.69) is 10.1 Å².